The lowest BCUT2D eigenvalue weighted by atomic mass is 10.1. The van der Waals surface area contributed by atoms with Crippen molar-refractivity contribution < 1.29 is 9.59 Å². The Morgan fingerprint density at radius 2 is 1.86 bits per heavy atom. The monoisotopic (exact) mass is 285 g/mol. The number of amides is 2. The van der Waals surface area contributed by atoms with Crippen LogP contribution in [-0.2, 0) is 16.1 Å². The van der Waals surface area contributed by atoms with Crippen LogP contribution in [0.1, 0.15) is 37.7 Å². The minimum Gasteiger partial charge on any atom is -0.352 e. The third-order valence-electron chi connectivity index (χ3n) is 3.67. The maximum absolute atomic E-state index is 11.9. The van der Waals surface area contributed by atoms with Gasteiger partial charge in [0.05, 0.1) is 6.07 Å². The third kappa shape index (κ3) is 4.60. The molecule has 21 heavy (non-hydrogen) atoms. The summed E-state index contributed by atoms with van der Waals surface area (Å²) in [6.45, 7) is 0.502. The van der Waals surface area contributed by atoms with Gasteiger partial charge >= 0.3 is 0 Å². The number of benzene rings is 1. The Bertz CT molecular complexity index is 540. The van der Waals surface area contributed by atoms with Crippen LogP contribution in [0.3, 0.4) is 0 Å². The molecular weight excluding hydrogens is 266 g/mol. The first-order valence-corrected chi connectivity index (χ1v) is 7.22. The lowest BCUT2D eigenvalue weighted by Gasteiger charge is -2.10. The van der Waals surface area contributed by atoms with E-state index in [-0.39, 0.29) is 24.2 Å². The normalized spacial score (nSPS) is 14.4. The van der Waals surface area contributed by atoms with Crippen molar-refractivity contribution in [3.63, 3.8) is 0 Å². The summed E-state index contributed by atoms with van der Waals surface area (Å²) in [6.07, 6.45) is 4.13. The minimum absolute atomic E-state index is 0.138. The highest BCUT2D eigenvalue weighted by atomic mass is 16.2. The molecule has 0 unspecified atom stereocenters. The lowest BCUT2D eigenvalue weighted by molar-refractivity contribution is -0.125. The Morgan fingerprint density at radius 3 is 2.48 bits per heavy atom. The number of hydrogen-bond donors (Lipinski definition) is 2. The van der Waals surface area contributed by atoms with Gasteiger partial charge in [0.1, 0.15) is 6.42 Å². The van der Waals surface area contributed by atoms with Crippen molar-refractivity contribution in [3.8, 4) is 6.07 Å². The van der Waals surface area contributed by atoms with Gasteiger partial charge in [0.2, 0.25) is 11.8 Å². The van der Waals surface area contributed by atoms with Crippen LogP contribution in [0.4, 0.5) is 5.69 Å². The summed E-state index contributed by atoms with van der Waals surface area (Å²) in [7, 11) is 0. The molecule has 5 nitrogen and oxygen atoms in total. The molecule has 5 heteroatoms. The number of nitrogens with one attached hydrogen (secondary N) is 2. The molecule has 0 aromatic heterocycles. The smallest absolute Gasteiger partial charge is 0.238 e. The molecule has 1 aliphatic carbocycles. The second-order valence-electron chi connectivity index (χ2n) is 5.28. The van der Waals surface area contributed by atoms with Crippen LogP contribution in [0.25, 0.3) is 0 Å². The maximum Gasteiger partial charge on any atom is 0.238 e. The summed E-state index contributed by atoms with van der Waals surface area (Å²) < 4.78 is 0. The van der Waals surface area contributed by atoms with Crippen molar-refractivity contribution >= 4 is 17.5 Å². The van der Waals surface area contributed by atoms with E-state index in [4.69, 9.17) is 5.26 Å². The fourth-order valence-corrected chi connectivity index (χ4v) is 2.50. The number of hydrogen-bond acceptors (Lipinski definition) is 3. The Morgan fingerprint density at radius 1 is 1.19 bits per heavy atom. The predicted molar refractivity (Wildman–Crippen MR) is 79.1 cm³/mol. The first-order valence-electron chi connectivity index (χ1n) is 7.22. The number of carbonyl (C=O) groups excluding carboxylic acids is 2. The molecule has 0 heterocycles. The van der Waals surface area contributed by atoms with Crippen molar-refractivity contribution in [2.24, 2.45) is 5.92 Å². The highest BCUT2D eigenvalue weighted by Crippen LogP contribution is 2.24. The van der Waals surface area contributed by atoms with Gasteiger partial charge in [0.25, 0.3) is 0 Å². The molecule has 1 saturated carbocycles. The van der Waals surface area contributed by atoms with Crippen LogP contribution < -0.4 is 10.6 Å². The summed E-state index contributed by atoms with van der Waals surface area (Å²) in [5, 5.41) is 14.0. The van der Waals surface area contributed by atoms with Crippen LogP contribution in [-0.4, -0.2) is 11.8 Å². The molecule has 110 valence electrons. The average molecular weight is 285 g/mol. The van der Waals surface area contributed by atoms with Gasteiger partial charge in [-0.15, -0.1) is 0 Å². The Labute approximate surface area is 124 Å². The average Bonchev–Trinajstić information content (AvgIpc) is 3.01. The van der Waals surface area contributed by atoms with Crippen molar-refractivity contribution in [1.82, 2.24) is 5.32 Å². The zero-order chi connectivity index (χ0) is 15.1. The molecule has 2 amide bonds. The van der Waals surface area contributed by atoms with Crippen LogP contribution in [0.5, 0.6) is 0 Å². The number of anilines is 1. The van der Waals surface area contributed by atoms with E-state index < -0.39 is 0 Å². The van der Waals surface area contributed by atoms with Crippen LogP contribution in [0.15, 0.2) is 24.3 Å². The highest BCUT2D eigenvalue weighted by molar-refractivity contribution is 5.92. The standard InChI is InChI=1S/C16H19N3O2/c17-10-9-15(20)19-14-7-5-12(6-8-14)11-18-16(21)13-3-1-2-4-13/h5-8,13H,1-4,9,11H2,(H,18,21)(H,19,20). The van der Waals surface area contributed by atoms with Crippen molar-refractivity contribution in [3.05, 3.63) is 29.8 Å². The van der Waals surface area contributed by atoms with Gasteiger partial charge in [-0.2, -0.15) is 5.26 Å². The third-order valence-corrected chi connectivity index (χ3v) is 3.67. The van der Waals surface area contributed by atoms with Gasteiger partial charge in [0, 0.05) is 18.2 Å². The SMILES string of the molecule is N#CCC(=O)Nc1ccc(CNC(=O)C2CCCC2)cc1. The summed E-state index contributed by atoms with van der Waals surface area (Å²) in [4.78, 5) is 23.2. The maximum atomic E-state index is 11.9. The zero-order valence-corrected chi connectivity index (χ0v) is 11.9. The molecule has 1 fully saturated rings. The van der Waals surface area contributed by atoms with E-state index in [1.54, 1.807) is 18.2 Å². The molecule has 1 aromatic carbocycles. The second kappa shape index (κ2) is 7.44. The number of rotatable bonds is 5. The second-order valence-corrected chi connectivity index (χ2v) is 5.28. The predicted octanol–water partition coefficient (Wildman–Crippen LogP) is 2.35. The number of nitriles is 1. The molecule has 2 rings (SSSR count). The summed E-state index contributed by atoms with van der Waals surface area (Å²) >= 11 is 0. The molecule has 0 aliphatic heterocycles. The molecule has 2 N–H and O–H groups in total. The van der Waals surface area contributed by atoms with Crippen molar-refractivity contribution in [2.75, 3.05) is 5.32 Å². The van der Waals surface area contributed by atoms with Crippen molar-refractivity contribution in [1.29, 1.82) is 5.26 Å². The van der Waals surface area contributed by atoms with E-state index >= 15 is 0 Å². The molecular formula is C16H19N3O2. The lowest BCUT2D eigenvalue weighted by Crippen LogP contribution is -2.28. The van der Waals surface area contributed by atoms with Crippen molar-refractivity contribution in [2.45, 2.75) is 38.6 Å². The first-order chi connectivity index (χ1) is 10.2. The van der Waals surface area contributed by atoms with Gasteiger partial charge in [-0.25, -0.2) is 0 Å². The van der Waals surface area contributed by atoms with E-state index in [9.17, 15) is 9.59 Å². The summed E-state index contributed by atoms with van der Waals surface area (Å²) in [6, 6.07) is 9.06. The summed E-state index contributed by atoms with van der Waals surface area (Å²) in [5.41, 5.74) is 1.64. The fourth-order valence-electron chi connectivity index (χ4n) is 2.50. The molecule has 1 aromatic rings. The number of nitrogens with zero attached hydrogens (tertiary/aromatic N) is 1. The Balaban J connectivity index is 1.80. The fraction of sp³-hybridized carbons (Fsp3) is 0.438. The van der Waals surface area contributed by atoms with Gasteiger partial charge in [-0.1, -0.05) is 25.0 Å². The molecule has 0 spiro atoms. The van der Waals surface area contributed by atoms with E-state index in [0.717, 1.165) is 31.2 Å². The molecule has 0 bridgehead atoms. The van der Waals surface area contributed by atoms with Gasteiger partial charge in [0.15, 0.2) is 0 Å². The van der Waals surface area contributed by atoms with Crippen LogP contribution in [0, 0.1) is 17.2 Å². The Kier molecular flexibility index (Phi) is 5.33. The molecule has 1 aliphatic rings. The molecule has 0 atom stereocenters. The topological polar surface area (TPSA) is 82.0 Å². The van der Waals surface area contributed by atoms with E-state index in [1.807, 2.05) is 12.1 Å². The van der Waals surface area contributed by atoms with Gasteiger partial charge < -0.3 is 10.6 Å². The molecule has 0 radical (unpaired) electrons. The van der Waals surface area contributed by atoms with E-state index in [1.165, 1.54) is 0 Å². The Hall–Kier alpha value is -2.35. The first kappa shape index (κ1) is 15.0. The largest absolute Gasteiger partial charge is 0.352 e. The number of carbonyl (C=O) groups is 2. The van der Waals surface area contributed by atoms with E-state index in [0.29, 0.717) is 12.2 Å². The van der Waals surface area contributed by atoms with Gasteiger partial charge in [-0.05, 0) is 30.5 Å². The van der Waals surface area contributed by atoms with Crippen LogP contribution >= 0.6 is 0 Å². The van der Waals surface area contributed by atoms with E-state index in [2.05, 4.69) is 10.6 Å². The van der Waals surface area contributed by atoms with Gasteiger partial charge in [-0.3, -0.25) is 9.59 Å². The quantitative estimate of drug-likeness (QED) is 0.871. The summed E-state index contributed by atoms with van der Waals surface area (Å²) in [5.74, 6) is -0.00627. The highest BCUT2D eigenvalue weighted by Gasteiger charge is 2.21. The minimum atomic E-state index is -0.320. The van der Waals surface area contributed by atoms with Crippen LogP contribution in [0.2, 0.25) is 0 Å². The zero-order valence-electron chi connectivity index (χ0n) is 11.9. The molecule has 0 saturated heterocycles.